The van der Waals surface area contributed by atoms with Crippen LogP contribution >= 0.6 is 0 Å². The van der Waals surface area contributed by atoms with Crippen LogP contribution in [0.2, 0.25) is 0 Å². The molecule has 0 spiro atoms. The van der Waals surface area contributed by atoms with E-state index in [-0.39, 0.29) is 0 Å². The number of fused-ring (bicyclic) bond motifs is 1. The van der Waals surface area contributed by atoms with E-state index in [9.17, 15) is 0 Å². The molecule has 0 saturated carbocycles. The second-order valence-electron chi connectivity index (χ2n) is 7.75. The largest absolute Gasteiger partial charge is 0.492 e. The van der Waals surface area contributed by atoms with Crippen molar-refractivity contribution in [2.24, 2.45) is 0 Å². The molecule has 3 rings (SSSR count). The molecule has 2 heteroatoms. The van der Waals surface area contributed by atoms with Crippen LogP contribution in [-0.4, -0.2) is 6.61 Å². The minimum atomic E-state index is 0.491. The molecule has 2 nitrogen and oxygen atoms in total. The Morgan fingerprint density at radius 3 is 2.40 bits per heavy atom. The van der Waals surface area contributed by atoms with Crippen molar-refractivity contribution in [3.63, 3.8) is 0 Å². The van der Waals surface area contributed by atoms with Gasteiger partial charge in [-0.15, -0.1) is 0 Å². The van der Waals surface area contributed by atoms with Crippen LogP contribution in [-0.2, 0) is 6.42 Å². The number of hydrogen-bond donors (Lipinski definition) is 1. The summed E-state index contributed by atoms with van der Waals surface area (Å²) in [5.74, 6) is 2.16. The molecule has 1 heterocycles. The number of rotatable bonds is 5. The van der Waals surface area contributed by atoms with Gasteiger partial charge in [-0.25, -0.2) is 0 Å². The summed E-state index contributed by atoms with van der Waals surface area (Å²) < 4.78 is 6.19. The second kappa shape index (κ2) is 7.11. The number of nitrogens with two attached hydrogens (primary N) is 1. The quantitative estimate of drug-likeness (QED) is 0.692. The highest BCUT2D eigenvalue weighted by Crippen LogP contribution is 2.46. The molecule has 1 aliphatic rings. The highest BCUT2D eigenvalue weighted by atomic mass is 16.5. The lowest BCUT2D eigenvalue weighted by molar-refractivity contribution is 0.322. The summed E-state index contributed by atoms with van der Waals surface area (Å²) in [7, 11) is 0. The van der Waals surface area contributed by atoms with Crippen LogP contribution in [0.4, 0.5) is 5.69 Å². The number of benzene rings is 2. The summed E-state index contributed by atoms with van der Waals surface area (Å²) >= 11 is 0. The summed E-state index contributed by atoms with van der Waals surface area (Å²) in [4.78, 5) is 0. The Hall–Kier alpha value is -1.96. The molecule has 0 aromatic heterocycles. The average Bonchev–Trinajstić information content (AvgIpc) is 3.01. The van der Waals surface area contributed by atoms with Crippen molar-refractivity contribution in [1.82, 2.24) is 0 Å². The Morgan fingerprint density at radius 2 is 1.80 bits per heavy atom. The van der Waals surface area contributed by atoms with Crippen molar-refractivity contribution >= 4 is 5.69 Å². The van der Waals surface area contributed by atoms with Crippen molar-refractivity contribution in [3.05, 3.63) is 57.6 Å². The van der Waals surface area contributed by atoms with E-state index < -0.39 is 0 Å². The maximum Gasteiger partial charge on any atom is 0.127 e. The summed E-state index contributed by atoms with van der Waals surface area (Å²) in [6, 6.07) is 8.98. The third-order valence-corrected chi connectivity index (χ3v) is 5.68. The second-order valence-corrected chi connectivity index (χ2v) is 7.75. The topological polar surface area (TPSA) is 35.2 Å². The van der Waals surface area contributed by atoms with Gasteiger partial charge in [-0.05, 0) is 48.4 Å². The summed E-state index contributed by atoms with van der Waals surface area (Å²) in [5.41, 5.74) is 15.2. The van der Waals surface area contributed by atoms with E-state index in [1.54, 1.807) is 0 Å². The minimum absolute atomic E-state index is 0.491. The maximum absolute atomic E-state index is 6.48. The number of ether oxygens (including phenoxy) is 1. The van der Waals surface area contributed by atoms with Gasteiger partial charge in [0.05, 0.1) is 6.61 Å². The van der Waals surface area contributed by atoms with E-state index in [2.05, 4.69) is 58.9 Å². The van der Waals surface area contributed by atoms with Crippen molar-refractivity contribution in [2.45, 2.75) is 65.7 Å². The molecule has 0 amide bonds. The highest BCUT2D eigenvalue weighted by Gasteiger charge is 2.30. The molecular weight excluding hydrogens is 306 g/mol. The molecule has 1 atom stereocenters. The van der Waals surface area contributed by atoms with E-state index in [0.717, 1.165) is 24.5 Å². The number of anilines is 1. The number of nitrogen functional groups attached to an aromatic ring is 1. The van der Waals surface area contributed by atoms with Crippen LogP contribution in [0.3, 0.4) is 0 Å². The Kier molecular flexibility index (Phi) is 5.08. The Morgan fingerprint density at radius 1 is 1.12 bits per heavy atom. The smallest absolute Gasteiger partial charge is 0.127 e. The fourth-order valence-corrected chi connectivity index (χ4v) is 4.03. The van der Waals surface area contributed by atoms with Gasteiger partial charge < -0.3 is 10.5 Å². The molecule has 0 fully saturated rings. The van der Waals surface area contributed by atoms with Crippen LogP contribution in [0.1, 0.15) is 78.8 Å². The SMILES string of the molecule is CCCC1COc2c(Cc3ccc(C(C)C)cc3)c(C)c(N)c(C)c21. The average molecular weight is 338 g/mol. The zero-order valence-electron chi connectivity index (χ0n) is 16.3. The minimum Gasteiger partial charge on any atom is -0.492 e. The first kappa shape index (κ1) is 17.8. The first-order valence-corrected chi connectivity index (χ1v) is 9.57. The van der Waals surface area contributed by atoms with Crippen LogP contribution in [0.15, 0.2) is 24.3 Å². The van der Waals surface area contributed by atoms with Crippen molar-refractivity contribution in [2.75, 3.05) is 12.3 Å². The standard InChI is InChI=1S/C23H31NO/c1-6-7-19-13-25-23-20(15(4)22(24)16(5)21(19)23)12-17-8-10-18(11-9-17)14(2)3/h8-11,14,19H,6-7,12-13,24H2,1-5H3. The summed E-state index contributed by atoms with van der Waals surface area (Å²) in [5, 5.41) is 0. The van der Waals surface area contributed by atoms with Crippen molar-refractivity contribution in [1.29, 1.82) is 0 Å². The van der Waals surface area contributed by atoms with Gasteiger partial charge in [0.15, 0.2) is 0 Å². The molecule has 0 bridgehead atoms. The fourth-order valence-electron chi connectivity index (χ4n) is 4.03. The predicted octanol–water partition coefficient (Wildman–Crippen LogP) is 5.88. The highest BCUT2D eigenvalue weighted by molar-refractivity contribution is 5.68. The fraction of sp³-hybridized carbons (Fsp3) is 0.478. The Labute approximate surface area is 152 Å². The van der Waals surface area contributed by atoms with Crippen molar-refractivity contribution < 1.29 is 4.74 Å². The molecule has 2 aromatic carbocycles. The molecule has 0 radical (unpaired) electrons. The van der Waals surface area contributed by atoms with Gasteiger partial charge in [-0.2, -0.15) is 0 Å². The summed E-state index contributed by atoms with van der Waals surface area (Å²) in [6.45, 7) is 11.8. The van der Waals surface area contributed by atoms with Gasteiger partial charge in [0, 0.05) is 29.2 Å². The molecule has 0 saturated heterocycles. The van der Waals surface area contributed by atoms with Gasteiger partial charge >= 0.3 is 0 Å². The molecule has 1 aliphatic heterocycles. The zero-order valence-corrected chi connectivity index (χ0v) is 16.3. The van der Waals surface area contributed by atoms with Gasteiger partial charge in [0.1, 0.15) is 5.75 Å². The monoisotopic (exact) mass is 337 g/mol. The van der Waals surface area contributed by atoms with Gasteiger partial charge in [-0.1, -0.05) is 51.5 Å². The third-order valence-electron chi connectivity index (χ3n) is 5.68. The van der Waals surface area contributed by atoms with Crippen molar-refractivity contribution in [3.8, 4) is 5.75 Å². The zero-order chi connectivity index (χ0) is 18.1. The molecular formula is C23H31NO. The molecule has 25 heavy (non-hydrogen) atoms. The normalized spacial score (nSPS) is 16.2. The van der Waals surface area contributed by atoms with E-state index >= 15 is 0 Å². The maximum atomic E-state index is 6.48. The van der Waals surface area contributed by atoms with Crippen LogP contribution in [0.25, 0.3) is 0 Å². The lowest BCUT2D eigenvalue weighted by Crippen LogP contribution is -2.05. The molecule has 2 N–H and O–H groups in total. The van der Waals surface area contributed by atoms with E-state index in [0.29, 0.717) is 11.8 Å². The van der Waals surface area contributed by atoms with E-state index in [4.69, 9.17) is 10.5 Å². The lowest BCUT2D eigenvalue weighted by atomic mass is 9.86. The molecule has 2 aromatic rings. The lowest BCUT2D eigenvalue weighted by Gasteiger charge is -2.19. The summed E-state index contributed by atoms with van der Waals surface area (Å²) in [6.07, 6.45) is 3.22. The third kappa shape index (κ3) is 3.27. The predicted molar refractivity (Wildman–Crippen MR) is 107 cm³/mol. The first-order chi connectivity index (χ1) is 11.9. The number of hydrogen-bond acceptors (Lipinski definition) is 2. The van der Waals surface area contributed by atoms with Crippen LogP contribution in [0.5, 0.6) is 5.75 Å². The molecule has 1 unspecified atom stereocenters. The first-order valence-electron chi connectivity index (χ1n) is 9.57. The van der Waals surface area contributed by atoms with Gasteiger partial charge in [0.25, 0.3) is 0 Å². The van der Waals surface area contributed by atoms with Gasteiger partial charge in [-0.3, -0.25) is 0 Å². The molecule has 0 aliphatic carbocycles. The Bertz CT molecular complexity index is 759. The van der Waals surface area contributed by atoms with Crippen LogP contribution in [0, 0.1) is 13.8 Å². The van der Waals surface area contributed by atoms with Crippen LogP contribution < -0.4 is 10.5 Å². The van der Waals surface area contributed by atoms with E-state index in [1.807, 2.05) is 0 Å². The van der Waals surface area contributed by atoms with Gasteiger partial charge in [0.2, 0.25) is 0 Å². The Balaban J connectivity index is 2.00. The van der Waals surface area contributed by atoms with E-state index in [1.165, 1.54) is 46.2 Å². The molecule has 134 valence electrons.